The van der Waals surface area contributed by atoms with Gasteiger partial charge < -0.3 is 5.32 Å². The lowest BCUT2D eigenvalue weighted by molar-refractivity contribution is -0.114. The molecular formula is C22H21Cl2N3O5S2. The second kappa shape index (κ2) is 10.2. The number of nitrogens with one attached hydrogen (secondary N) is 2. The number of hydrogen-bond acceptors (Lipinski definition) is 5. The normalized spacial score (nSPS) is 11.6. The fourth-order valence-corrected chi connectivity index (χ4v) is 5.29. The molecule has 0 aliphatic rings. The Labute approximate surface area is 208 Å². The van der Waals surface area contributed by atoms with Crippen LogP contribution in [0.3, 0.4) is 0 Å². The van der Waals surface area contributed by atoms with E-state index in [0.717, 1.165) is 10.6 Å². The van der Waals surface area contributed by atoms with E-state index in [2.05, 4.69) is 10.0 Å². The standard InChI is InChI=1S/C22H21Cl2N3O5S2/c1-15-20(24)4-3-5-21(15)27(33(2,29)30)14-22(28)25-17-10-12-19(13-11-17)34(31,32)26-18-8-6-16(23)7-9-18/h3-13,26H,14H2,1-2H3,(H,25,28). The number of amides is 1. The summed E-state index contributed by atoms with van der Waals surface area (Å²) in [6.07, 6.45) is 0.994. The molecule has 0 aliphatic carbocycles. The maximum absolute atomic E-state index is 12.6. The van der Waals surface area contributed by atoms with Crippen LogP contribution in [0.5, 0.6) is 0 Å². The minimum absolute atomic E-state index is 0.0206. The molecule has 0 saturated carbocycles. The molecule has 0 aromatic heterocycles. The third-order valence-corrected chi connectivity index (χ3v) is 7.93. The van der Waals surface area contributed by atoms with E-state index in [0.29, 0.717) is 32.7 Å². The third-order valence-electron chi connectivity index (χ3n) is 4.74. The smallest absolute Gasteiger partial charge is 0.261 e. The van der Waals surface area contributed by atoms with Gasteiger partial charge in [0.1, 0.15) is 6.54 Å². The molecule has 0 radical (unpaired) electrons. The summed E-state index contributed by atoms with van der Waals surface area (Å²) >= 11 is 11.9. The summed E-state index contributed by atoms with van der Waals surface area (Å²) < 4.78 is 53.2. The Morgan fingerprint density at radius 2 is 1.47 bits per heavy atom. The zero-order chi connectivity index (χ0) is 25.1. The van der Waals surface area contributed by atoms with Gasteiger partial charge in [-0.2, -0.15) is 0 Å². The average Bonchev–Trinajstić information content (AvgIpc) is 2.75. The molecule has 180 valence electrons. The van der Waals surface area contributed by atoms with Crippen LogP contribution in [0, 0.1) is 6.92 Å². The third kappa shape index (κ3) is 6.41. The highest BCUT2D eigenvalue weighted by Crippen LogP contribution is 2.28. The number of rotatable bonds is 8. The first-order valence-corrected chi connectivity index (χ1v) is 13.9. The van der Waals surface area contributed by atoms with E-state index in [4.69, 9.17) is 23.2 Å². The van der Waals surface area contributed by atoms with Crippen LogP contribution >= 0.6 is 23.2 Å². The van der Waals surface area contributed by atoms with Crippen LogP contribution in [-0.4, -0.2) is 35.5 Å². The molecule has 0 spiro atoms. The monoisotopic (exact) mass is 541 g/mol. The lowest BCUT2D eigenvalue weighted by Gasteiger charge is -2.24. The van der Waals surface area contributed by atoms with Crippen molar-refractivity contribution in [3.63, 3.8) is 0 Å². The summed E-state index contributed by atoms with van der Waals surface area (Å²) in [5, 5.41) is 3.42. The number of benzene rings is 3. The Morgan fingerprint density at radius 1 is 0.882 bits per heavy atom. The number of anilines is 3. The van der Waals surface area contributed by atoms with Gasteiger partial charge in [-0.1, -0.05) is 29.3 Å². The van der Waals surface area contributed by atoms with Crippen molar-refractivity contribution in [3.8, 4) is 0 Å². The summed E-state index contributed by atoms with van der Waals surface area (Å²) in [6.45, 7) is 1.17. The largest absolute Gasteiger partial charge is 0.325 e. The summed E-state index contributed by atoms with van der Waals surface area (Å²) in [5.41, 5.74) is 1.45. The van der Waals surface area contributed by atoms with Gasteiger partial charge in [0.2, 0.25) is 15.9 Å². The molecule has 3 rings (SSSR count). The average molecular weight is 542 g/mol. The van der Waals surface area contributed by atoms with Gasteiger partial charge in [0, 0.05) is 21.4 Å². The molecule has 3 aromatic carbocycles. The highest BCUT2D eigenvalue weighted by Gasteiger charge is 2.23. The predicted molar refractivity (Wildman–Crippen MR) is 136 cm³/mol. The first-order valence-electron chi connectivity index (χ1n) is 9.78. The zero-order valence-electron chi connectivity index (χ0n) is 18.1. The molecule has 0 saturated heterocycles. The molecule has 8 nitrogen and oxygen atoms in total. The van der Waals surface area contributed by atoms with E-state index in [-0.39, 0.29) is 4.90 Å². The van der Waals surface area contributed by atoms with E-state index in [9.17, 15) is 21.6 Å². The Bertz CT molecular complexity index is 1410. The molecule has 0 aliphatic heterocycles. The molecule has 2 N–H and O–H groups in total. The number of nitrogens with zero attached hydrogens (tertiary/aromatic N) is 1. The molecule has 34 heavy (non-hydrogen) atoms. The lowest BCUT2D eigenvalue weighted by Crippen LogP contribution is -2.37. The Hall–Kier alpha value is -2.79. The van der Waals surface area contributed by atoms with Gasteiger partial charge in [-0.15, -0.1) is 0 Å². The zero-order valence-corrected chi connectivity index (χ0v) is 21.3. The van der Waals surface area contributed by atoms with Gasteiger partial charge in [0.05, 0.1) is 16.8 Å². The maximum atomic E-state index is 12.6. The topological polar surface area (TPSA) is 113 Å². The molecule has 0 fully saturated rings. The first kappa shape index (κ1) is 25.8. The first-order chi connectivity index (χ1) is 15.9. The van der Waals surface area contributed by atoms with E-state index in [1.807, 2.05) is 0 Å². The van der Waals surface area contributed by atoms with Crippen LogP contribution in [0.25, 0.3) is 0 Å². The molecule has 3 aromatic rings. The van der Waals surface area contributed by atoms with E-state index >= 15 is 0 Å². The van der Waals surface area contributed by atoms with Crippen molar-refractivity contribution in [1.29, 1.82) is 0 Å². The highest BCUT2D eigenvalue weighted by atomic mass is 35.5. The van der Waals surface area contributed by atoms with E-state index in [1.54, 1.807) is 37.3 Å². The van der Waals surface area contributed by atoms with Crippen molar-refractivity contribution in [2.24, 2.45) is 0 Å². The van der Waals surface area contributed by atoms with Crippen LogP contribution in [0.4, 0.5) is 17.1 Å². The summed E-state index contributed by atoms with van der Waals surface area (Å²) in [6, 6.07) is 16.4. The summed E-state index contributed by atoms with van der Waals surface area (Å²) in [7, 11) is -7.65. The number of carbonyl (C=O) groups is 1. The fraction of sp³-hybridized carbons (Fsp3) is 0.136. The molecule has 0 heterocycles. The highest BCUT2D eigenvalue weighted by molar-refractivity contribution is 7.92. The lowest BCUT2D eigenvalue weighted by atomic mass is 10.2. The van der Waals surface area contributed by atoms with Crippen molar-refractivity contribution in [1.82, 2.24) is 0 Å². The molecule has 0 bridgehead atoms. The van der Waals surface area contributed by atoms with Crippen LogP contribution in [0.2, 0.25) is 10.0 Å². The van der Waals surface area contributed by atoms with Gasteiger partial charge in [-0.3, -0.25) is 13.8 Å². The van der Waals surface area contributed by atoms with Crippen LogP contribution in [0.15, 0.2) is 71.6 Å². The Morgan fingerprint density at radius 3 is 2.06 bits per heavy atom. The summed E-state index contributed by atoms with van der Waals surface area (Å²) in [5.74, 6) is -0.611. The van der Waals surface area contributed by atoms with Crippen molar-refractivity contribution < 1.29 is 21.6 Å². The number of sulfonamides is 2. The number of hydrogen-bond donors (Lipinski definition) is 2. The predicted octanol–water partition coefficient (Wildman–Crippen LogP) is 4.51. The second-order valence-corrected chi connectivity index (χ2v) is 11.8. The quantitative estimate of drug-likeness (QED) is 0.435. The molecular weight excluding hydrogens is 521 g/mol. The fourth-order valence-electron chi connectivity index (χ4n) is 3.03. The van der Waals surface area contributed by atoms with Crippen LogP contribution in [-0.2, 0) is 24.8 Å². The van der Waals surface area contributed by atoms with Gasteiger partial charge in [0.25, 0.3) is 10.0 Å². The number of carbonyl (C=O) groups excluding carboxylic acids is 1. The van der Waals surface area contributed by atoms with Crippen molar-refractivity contribution in [3.05, 3.63) is 82.3 Å². The van der Waals surface area contributed by atoms with Crippen molar-refractivity contribution >= 4 is 66.2 Å². The minimum Gasteiger partial charge on any atom is -0.325 e. The maximum Gasteiger partial charge on any atom is 0.261 e. The molecule has 1 amide bonds. The number of halogens is 2. The van der Waals surface area contributed by atoms with Crippen molar-refractivity contribution in [2.75, 3.05) is 27.1 Å². The molecule has 12 heteroatoms. The van der Waals surface area contributed by atoms with Gasteiger partial charge in [-0.25, -0.2) is 16.8 Å². The molecule has 0 unspecified atom stereocenters. The van der Waals surface area contributed by atoms with Crippen LogP contribution in [0.1, 0.15) is 5.56 Å². The molecule has 0 atom stereocenters. The second-order valence-electron chi connectivity index (χ2n) is 7.34. The van der Waals surface area contributed by atoms with Crippen molar-refractivity contribution in [2.45, 2.75) is 11.8 Å². The van der Waals surface area contributed by atoms with Crippen LogP contribution < -0.4 is 14.3 Å². The van der Waals surface area contributed by atoms with Gasteiger partial charge in [-0.05, 0) is 73.2 Å². The minimum atomic E-state index is -3.86. The Kier molecular flexibility index (Phi) is 7.77. The van der Waals surface area contributed by atoms with E-state index < -0.39 is 32.5 Å². The van der Waals surface area contributed by atoms with E-state index in [1.165, 1.54) is 36.4 Å². The SMILES string of the molecule is Cc1c(Cl)cccc1N(CC(=O)Nc1ccc(S(=O)(=O)Nc2ccc(Cl)cc2)cc1)S(C)(=O)=O. The van der Waals surface area contributed by atoms with Gasteiger partial charge >= 0.3 is 0 Å². The Balaban J connectivity index is 1.73. The van der Waals surface area contributed by atoms with Gasteiger partial charge in [0.15, 0.2) is 0 Å². The summed E-state index contributed by atoms with van der Waals surface area (Å²) in [4.78, 5) is 12.6.